The van der Waals surface area contributed by atoms with Crippen LogP contribution in [0.3, 0.4) is 0 Å². The van der Waals surface area contributed by atoms with E-state index in [0.717, 1.165) is 11.5 Å². The van der Waals surface area contributed by atoms with Crippen molar-refractivity contribution in [3.63, 3.8) is 0 Å². The van der Waals surface area contributed by atoms with E-state index in [1.807, 2.05) is 0 Å². The molecule has 3 fully saturated rings. The van der Waals surface area contributed by atoms with Gasteiger partial charge in [0.15, 0.2) is 11.5 Å². The Bertz CT molecular complexity index is 705. The Kier molecular flexibility index (Phi) is 3.35. The second-order valence-corrected chi connectivity index (χ2v) is 8.51. The van der Waals surface area contributed by atoms with E-state index in [9.17, 15) is 0 Å². The highest BCUT2D eigenvalue weighted by molar-refractivity contribution is 5.75. The molecule has 4 heteroatoms. The Morgan fingerprint density at radius 1 is 1.16 bits per heavy atom. The molecule has 5 rings (SSSR count). The Balaban J connectivity index is 1.71. The molecule has 0 unspecified atom stereocenters. The standard InChI is InChI=1S/C21H30N2O2/c1-4-20-9-5-12-23-13-11-21(19(20)23)14-6-7-15(24-2)18(25-3)17(14)22-16(21)8-10-20/h6-7,16,19,22H,4-5,8-13H2,1-3H3/t16-,19-,20-,21-/m1/s1. The summed E-state index contributed by atoms with van der Waals surface area (Å²) in [6.45, 7) is 4.95. The number of nitrogens with one attached hydrogen (secondary N) is 1. The highest BCUT2D eigenvalue weighted by Gasteiger charge is 2.66. The monoisotopic (exact) mass is 342 g/mol. The van der Waals surface area contributed by atoms with Crippen molar-refractivity contribution in [2.75, 3.05) is 32.6 Å². The average molecular weight is 342 g/mol. The Hall–Kier alpha value is -1.42. The van der Waals surface area contributed by atoms with Crippen LogP contribution >= 0.6 is 0 Å². The number of benzene rings is 1. The van der Waals surface area contributed by atoms with Crippen molar-refractivity contribution in [2.45, 2.75) is 62.9 Å². The maximum Gasteiger partial charge on any atom is 0.184 e. The zero-order chi connectivity index (χ0) is 17.2. The molecule has 0 aromatic heterocycles. The van der Waals surface area contributed by atoms with Crippen LogP contribution in [0.1, 0.15) is 51.0 Å². The number of nitrogens with zero attached hydrogens (tertiary/aromatic N) is 1. The number of hydrogen-bond acceptors (Lipinski definition) is 4. The van der Waals surface area contributed by atoms with Crippen molar-refractivity contribution >= 4 is 5.69 Å². The van der Waals surface area contributed by atoms with Gasteiger partial charge in [0.2, 0.25) is 0 Å². The lowest BCUT2D eigenvalue weighted by Crippen LogP contribution is -2.63. The highest BCUT2D eigenvalue weighted by atomic mass is 16.5. The third-order valence-corrected chi connectivity index (χ3v) is 7.99. The smallest absolute Gasteiger partial charge is 0.184 e. The molecule has 0 radical (unpaired) electrons. The lowest BCUT2D eigenvalue weighted by Gasteiger charge is -2.58. The quantitative estimate of drug-likeness (QED) is 0.906. The second-order valence-electron chi connectivity index (χ2n) is 8.51. The minimum atomic E-state index is 0.254. The molecular weight excluding hydrogens is 312 g/mol. The summed E-state index contributed by atoms with van der Waals surface area (Å²) >= 11 is 0. The van der Waals surface area contributed by atoms with Gasteiger partial charge in [0.05, 0.1) is 19.9 Å². The Morgan fingerprint density at radius 2 is 2.04 bits per heavy atom. The first kappa shape index (κ1) is 15.8. The number of rotatable bonds is 3. The van der Waals surface area contributed by atoms with Crippen molar-refractivity contribution in [1.82, 2.24) is 4.90 Å². The minimum Gasteiger partial charge on any atom is -0.493 e. The largest absolute Gasteiger partial charge is 0.493 e. The van der Waals surface area contributed by atoms with Gasteiger partial charge in [-0.05, 0) is 68.7 Å². The Morgan fingerprint density at radius 3 is 2.80 bits per heavy atom. The van der Waals surface area contributed by atoms with E-state index in [-0.39, 0.29) is 5.41 Å². The number of ether oxygens (including phenoxy) is 2. The zero-order valence-corrected chi connectivity index (χ0v) is 15.7. The summed E-state index contributed by atoms with van der Waals surface area (Å²) in [7, 11) is 3.49. The molecule has 1 N–H and O–H groups in total. The summed E-state index contributed by atoms with van der Waals surface area (Å²) in [5.74, 6) is 1.73. The van der Waals surface area contributed by atoms with E-state index in [0.29, 0.717) is 17.5 Å². The van der Waals surface area contributed by atoms with Crippen molar-refractivity contribution in [2.24, 2.45) is 5.41 Å². The predicted molar refractivity (Wildman–Crippen MR) is 99.8 cm³/mol. The van der Waals surface area contributed by atoms with Gasteiger partial charge in [-0.25, -0.2) is 0 Å². The summed E-state index contributed by atoms with van der Waals surface area (Å²) in [5, 5.41) is 3.89. The van der Waals surface area contributed by atoms with Gasteiger partial charge in [-0.1, -0.05) is 13.0 Å². The number of anilines is 1. The van der Waals surface area contributed by atoms with E-state index >= 15 is 0 Å². The molecule has 1 spiro atoms. The predicted octanol–water partition coefficient (Wildman–Crippen LogP) is 3.79. The van der Waals surface area contributed by atoms with Crippen LogP contribution < -0.4 is 14.8 Å². The second kappa shape index (κ2) is 5.29. The number of methoxy groups -OCH3 is 2. The van der Waals surface area contributed by atoms with Crippen LogP contribution in [0.15, 0.2) is 12.1 Å². The third kappa shape index (κ3) is 1.77. The van der Waals surface area contributed by atoms with Gasteiger partial charge in [0, 0.05) is 17.5 Å². The van der Waals surface area contributed by atoms with Crippen LogP contribution in [0.4, 0.5) is 5.69 Å². The molecule has 1 aliphatic carbocycles. The van der Waals surface area contributed by atoms with E-state index in [4.69, 9.17) is 9.47 Å². The summed E-state index contributed by atoms with van der Waals surface area (Å²) in [4.78, 5) is 2.83. The fraction of sp³-hybridized carbons (Fsp3) is 0.714. The van der Waals surface area contributed by atoms with Crippen LogP contribution in [0.2, 0.25) is 0 Å². The van der Waals surface area contributed by atoms with Gasteiger partial charge in [-0.3, -0.25) is 4.90 Å². The van der Waals surface area contributed by atoms with Gasteiger partial charge in [0.25, 0.3) is 0 Å². The summed E-state index contributed by atoms with van der Waals surface area (Å²) in [6.07, 6.45) is 8.00. The molecule has 4 aliphatic rings. The Labute approximate surface area is 150 Å². The molecule has 136 valence electrons. The van der Waals surface area contributed by atoms with Crippen molar-refractivity contribution in [3.8, 4) is 11.5 Å². The van der Waals surface area contributed by atoms with Crippen LogP contribution in [0.25, 0.3) is 0 Å². The number of hydrogen-bond donors (Lipinski definition) is 1. The van der Waals surface area contributed by atoms with Gasteiger partial charge in [-0.2, -0.15) is 0 Å². The molecule has 1 aromatic rings. The molecule has 4 atom stereocenters. The first-order valence-electron chi connectivity index (χ1n) is 9.96. The normalized spacial score (nSPS) is 38.5. The lowest BCUT2D eigenvalue weighted by molar-refractivity contribution is -0.0309. The zero-order valence-electron chi connectivity index (χ0n) is 15.7. The average Bonchev–Trinajstić information content (AvgIpc) is 3.21. The molecule has 2 saturated heterocycles. The molecule has 3 heterocycles. The number of fused-ring (bicyclic) bond motifs is 1. The van der Waals surface area contributed by atoms with Crippen molar-refractivity contribution < 1.29 is 9.47 Å². The highest BCUT2D eigenvalue weighted by Crippen LogP contribution is 2.65. The first-order valence-corrected chi connectivity index (χ1v) is 9.96. The van der Waals surface area contributed by atoms with E-state index in [1.165, 1.54) is 62.9 Å². The third-order valence-electron chi connectivity index (χ3n) is 7.99. The van der Waals surface area contributed by atoms with Gasteiger partial charge < -0.3 is 14.8 Å². The van der Waals surface area contributed by atoms with Crippen LogP contribution in [-0.4, -0.2) is 44.3 Å². The fourth-order valence-electron chi connectivity index (χ4n) is 7.03. The molecule has 1 aromatic carbocycles. The first-order chi connectivity index (χ1) is 12.2. The molecule has 1 saturated carbocycles. The lowest BCUT2D eigenvalue weighted by atomic mass is 9.52. The molecular formula is C21H30N2O2. The molecule has 25 heavy (non-hydrogen) atoms. The van der Waals surface area contributed by atoms with Gasteiger partial charge in [-0.15, -0.1) is 0 Å². The molecule has 3 aliphatic heterocycles. The SMILES string of the molecule is CC[C@@]12CCCN3CC[C@]4(c5ccc(OC)c(OC)c5N[C@@H]4CC1)[C@H]32. The van der Waals surface area contributed by atoms with Gasteiger partial charge in [0.1, 0.15) is 0 Å². The van der Waals surface area contributed by atoms with E-state index < -0.39 is 0 Å². The van der Waals surface area contributed by atoms with Gasteiger partial charge >= 0.3 is 0 Å². The molecule has 0 amide bonds. The van der Waals surface area contributed by atoms with E-state index in [2.05, 4.69) is 29.3 Å². The molecule has 0 bridgehead atoms. The van der Waals surface area contributed by atoms with Crippen molar-refractivity contribution in [3.05, 3.63) is 17.7 Å². The van der Waals surface area contributed by atoms with E-state index in [1.54, 1.807) is 14.2 Å². The maximum atomic E-state index is 5.77. The van der Waals surface area contributed by atoms with Crippen molar-refractivity contribution in [1.29, 1.82) is 0 Å². The topological polar surface area (TPSA) is 33.7 Å². The maximum absolute atomic E-state index is 5.77. The fourth-order valence-corrected chi connectivity index (χ4v) is 7.03. The van der Waals surface area contributed by atoms with Crippen LogP contribution in [-0.2, 0) is 5.41 Å². The summed E-state index contributed by atoms with van der Waals surface area (Å²) < 4.78 is 11.3. The van der Waals surface area contributed by atoms with Crippen LogP contribution in [0.5, 0.6) is 11.5 Å². The summed E-state index contributed by atoms with van der Waals surface area (Å²) in [6, 6.07) is 5.66. The number of piperidine rings is 1. The minimum absolute atomic E-state index is 0.254. The van der Waals surface area contributed by atoms with Crippen LogP contribution in [0, 0.1) is 5.41 Å². The molecule has 4 nitrogen and oxygen atoms in total. The summed E-state index contributed by atoms with van der Waals surface area (Å²) in [5.41, 5.74) is 3.44.